The summed E-state index contributed by atoms with van der Waals surface area (Å²) in [6.45, 7) is 1.56. The van der Waals surface area contributed by atoms with Crippen LogP contribution in [0.3, 0.4) is 0 Å². The number of pyridine rings is 1. The molecule has 0 atom stereocenters. The molecule has 0 aliphatic rings. The zero-order valence-corrected chi connectivity index (χ0v) is 6.85. The lowest BCUT2D eigenvalue weighted by atomic mass is 10.2. The standard InChI is InChI=1S/C7H7N3O3/c1-4-2-5(10(12)13)3-6(9-4)7(8)11/h2-3H,1H3,(H2,8,11). The third-order valence-corrected chi connectivity index (χ3v) is 1.40. The van der Waals surface area contributed by atoms with Crippen molar-refractivity contribution in [3.63, 3.8) is 0 Å². The lowest BCUT2D eigenvalue weighted by Gasteiger charge is -1.97. The minimum Gasteiger partial charge on any atom is -0.364 e. The number of aromatic nitrogens is 1. The number of hydrogen-bond donors (Lipinski definition) is 1. The first-order valence-electron chi connectivity index (χ1n) is 3.43. The van der Waals surface area contributed by atoms with Crippen LogP contribution in [-0.4, -0.2) is 15.8 Å². The summed E-state index contributed by atoms with van der Waals surface area (Å²) < 4.78 is 0. The van der Waals surface area contributed by atoms with Gasteiger partial charge < -0.3 is 5.73 Å². The van der Waals surface area contributed by atoms with Crippen molar-refractivity contribution in [2.24, 2.45) is 5.73 Å². The van der Waals surface area contributed by atoms with Gasteiger partial charge in [0.25, 0.3) is 11.6 Å². The minimum absolute atomic E-state index is 0.0910. The molecule has 0 bridgehead atoms. The van der Waals surface area contributed by atoms with Crippen LogP contribution in [0.5, 0.6) is 0 Å². The Balaban J connectivity index is 3.26. The Bertz CT molecular complexity index is 343. The first kappa shape index (κ1) is 9.11. The van der Waals surface area contributed by atoms with Gasteiger partial charge in [-0.25, -0.2) is 4.98 Å². The van der Waals surface area contributed by atoms with Gasteiger partial charge in [-0.15, -0.1) is 0 Å². The van der Waals surface area contributed by atoms with Gasteiger partial charge in [-0.2, -0.15) is 0 Å². The summed E-state index contributed by atoms with van der Waals surface area (Å²) in [5, 5.41) is 10.4. The van der Waals surface area contributed by atoms with E-state index in [-0.39, 0.29) is 11.4 Å². The maximum Gasteiger partial charge on any atom is 0.273 e. The van der Waals surface area contributed by atoms with E-state index < -0.39 is 10.8 Å². The lowest BCUT2D eigenvalue weighted by molar-refractivity contribution is -0.385. The summed E-state index contributed by atoms with van der Waals surface area (Å²) in [5.74, 6) is -0.771. The fraction of sp³-hybridized carbons (Fsp3) is 0.143. The second-order valence-electron chi connectivity index (χ2n) is 2.47. The topological polar surface area (TPSA) is 99.1 Å². The second kappa shape index (κ2) is 3.18. The van der Waals surface area contributed by atoms with Crippen LogP contribution >= 0.6 is 0 Å². The van der Waals surface area contributed by atoms with Crippen LogP contribution < -0.4 is 5.73 Å². The van der Waals surface area contributed by atoms with E-state index >= 15 is 0 Å². The molecule has 1 rings (SSSR count). The number of nitrogens with two attached hydrogens (primary N) is 1. The Morgan fingerprint density at radius 2 is 2.23 bits per heavy atom. The third kappa shape index (κ3) is 1.98. The second-order valence-corrected chi connectivity index (χ2v) is 2.47. The van der Waals surface area contributed by atoms with E-state index in [1.165, 1.54) is 6.07 Å². The smallest absolute Gasteiger partial charge is 0.273 e. The summed E-state index contributed by atoms with van der Waals surface area (Å²) in [4.78, 5) is 24.2. The van der Waals surface area contributed by atoms with Crippen LogP contribution in [0, 0.1) is 17.0 Å². The molecule has 6 heteroatoms. The highest BCUT2D eigenvalue weighted by molar-refractivity contribution is 5.91. The maximum atomic E-state index is 10.7. The molecule has 1 amide bonds. The Kier molecular flexibility index (Phi) is 2.23. The summed E-state index contributed by atoms with van der Waals surface area (Å²) in [6, 6.07) is 2.32. The molecular formula is C7H7N3O3. The Morgan fingerprint density at radius 3 is 2.69 bits per heavy atom. The predicted octanol–water partition coefficient (Wildman–Crippen LogP) is 0.397. The molecule has 13 heavy (non-hydrogen) atoms. The molecule has 0 radical (unpaired) electrons. The number of nitrogens with zero attached hydrogens (tertiary/aromatic N) is 2. The van der Waals surface area contributed by atoms with Crippen molar-refractivity contribution in [1.29, 1.82) is 0 Å². The molecule has 1 aromatic heterocycles. The van der Waals surface area contributed by atoms with E-state index in [4.69, 9.17) is 5.73 Å². The lowest BCUT2D eigenvalue weighted by Crippen LogP contribution is -2.13. The first-order valence-corrected chi connectivity index (χ1v) is 3.43. The van der Waals surface area contributed by atoms with E-state index in [1.807, 2.05) is 0 Å². The van der Waals surface area contributed by atoms with Crippen LogP contribution in [0.2, 0.25) is 0 Å². The van der Waals surface area contributed by atoms with Gasteiger partial charge in [0.1, 0.15) is 5.69 Å². The van der Waals surface area contributed by atoms with Crippen molar-refractivity contribution >= 4 is 11.6 Å². The van der Waals surface area contributed by atoms with Crippen LogP contribution in [0.25, 0.3) is 0 Å². The Labute approximate surface area is 73.5 Å². The number of primary amides is 1. The molecule has 0 fully saturated rings. The molecule has 0 aromatic carbocycles. The molecule has 0 saturated heterocycles. The van der Waals surface area contributed by atoms with Gasteiger partial charge in [0.15, 0.2) is 0 Å². The summed E-state index contributed by atoms with van der Waals surface area (Å²) in [7, 11) is 0. The number of hydrogen-bond acceptors (Lipinski definition) is 4. The highest BCUT2D eigenvalue weighted by Gasteiger charge is 2.11. The average Bonchev–Trinajstić information content (AvgIpc) is 2.03. The number of carbonyl (C=O) groups is 1. The Hall–Kier alpha value is -1.98. The molecule has 0 aliphatic heterocycles. The van der Waals surface area contributed by atoms with Gasteiger partial charge in [0.05, 0.1) is 4.92 Å². The van der Waals surface area contributed by atoms with Crippen molar-refractivity contribution in [3.8, 4) is 0 Å². The molecule has 0 saturated carbocycles. The van der Waals surface area contributed by atoms with Crippen molar-refractivity contribution in [1.82, 2.24) is 4.98 Å². The number of rotatable bonds is 2. The highest BCUT2D eigenvalue weighted by atomic mass is 16.6. The molecule has 0 spiro atoms. The van der Waals surface area contributed by atoms with Gasteiger partial charge in [-0.05, 0) is 6.92 Å². The fourth-order valence-corrected chi connectivity index (χ4v) is 0.882. The van der Waals surface area contributed by atoms with E-state index in [2.05, 4.69) is 4.98 Å². The van der Waals surface area contributed by atoms with Crippen molar-refractivity contribution in [2.45, 2.75) is 6.92 Å². The van der Waals surface area contributed by atoms with Gasteiger partial charge in [-0.1, -0.05) is 0 Å². The normalized spacial score (nSPS) is 9.62. The number of carbonyl (C=O) groups excluding carboxylic acids is 1. The molecule has 68 valence electrons. The fourth-order valence-electron chi connectivity index (χ4n) is 0.882. The first-order chi connectivity index (χ1) is 6.00. The Morgan fingerprint density at radius 1 is 1.62 bits per heavy atom. The summed E-state index contributed by atoms with van der Waals surface area (Å²) >= 11 is 0. The van der Waals surface area contributed by atoms with Gasteiger partial charge >= 0.3 is 0 Å². The van der Waals surface area contributed by atoms with Gasteiger partial charge in [0.2, 0.25) is 0 Å². The van der Waals surface area contributed by atoms with Crippen molar-refractivity contribution in [2.75, 3.05) is 0 Å². The molecule has 6 nitrogen and oxygen atoms in total. The van der Waals surface area contributed by atoms with Crippen molar-refractivity contribution < 1.29 is 9.72 Å². The van der Waals surface area contributed by atoms with Gasteiger partial charge in [-0.3, -0.25) is 14.9 Å². The molecule has 1 heterocycles. The highest BCUT2D eigenvalue weighted by Crippen LogP contribution is 2.13. The summed E-state index contributed by atoms with van der Waals surface area (Å²) in [5.41, 5.74) is 5.05. The minimum atomic E-state index is -0.771. The zero-order valence-electron chi connectivity index (χ0n) is 6.85. The van der Waals surface area contributed by atoms with Crippen LogP contribution in [0.4, 0.5) is 5.69 Å². The predicted molar refractivity (Wildman–Crippen MR) is 44.1 cm³/mol. The molecular weight excluding hydrogens is 174 g/mol. The molecule has 1 aromatic rings. The van der Waals surface area contributed by atoms with E-state index in [1.54, 1.807) is 6.92 Å². The van der Waals surface area contributed by atoms with Crippen molar-refractivity contribution in [3.05, 3.63) is 33.6 Å². The van der Waals surface area contributed by atoms with E-state index in [0.717, 1.165) is 6.07 Å². The third-order valence-electron chi connectivity index (χ3n) is 1.40. The largest absolute Gasteiger partial charge is 0.364 e. The number of aryl methyl sites for hydroxylation is 1. The maximum absolute atomic E-state index is 10.7. The quantitative estimate of drug-likeness (QED) is 0.527. The average molecular weight is 181 g/mol. The van der Waals surface area contributed by atoms with E-state index in [9.17, 15) is 14.9 Å². The number of nitro groups is 1. The van der Waals surface area contributed by atoms with Crippen LogP contribution in [0.1, 0.15) is 16.2 Å². The van der Waals surface area contributed by atoms with E-state index in [0.29, 0.717) is 5.69 Å². The number of amides is 1. The molecule has 2 N–H and O–H groups in total. The zero-order chi connectivity index (χ0) is 10.0. The van der Waals surface area contributed by atoms with Crippen LogP contribution in [-0.2, 0) is 0 Å². The van der Waals surface area contributed by atoms with Gasteiger partial charge in [0, 0.05) is 17.8 Å². The SMILES string of the molecule is Cc1cc([N+](=O)[O-])cc(C(N)=O)n1. The summed E-state index contributed by atoms with van der Waals surface area (Å²) in [6.07, 6.45) is 0. The molecule has 0 unspecified atom stereocenters. The van der Waals surface area contributed by atoms with Crippen LogP contribution in [0.15, 0.2) is 12.1 Å². The molecule has 0 aliphatic carbocycles. The monoisotopic (exact) mass is 181 g/mol.